The Labute approximate surface area is 117 Å². The van der Waals surface area contributed by atoms with Gasteiger partial charge in [0.25, 0.3) is 5.82 Å². The van der Waals surface area contributed by atoms with Gasteiger partial charge in [0, 0.05) is 6.54 Å². The number of carbonyl (C=O) groups excluding carboxylic acids is 1. The first-order chi connectivity index (χ1) is 9.91. The van der Waals surface area contributed by atoms with E-state index >= 15 is 0 Å². The maximum Gasteiger partial charge on any atom is 0.453 e. The number of carbonyl (C=O) groups is 1. The lowest BCUT2D eigenvalue weighted by atomic mass is 10.4. The molecule has 114 valence electrons. The van der Waals surface area contributed by atoms with Gasteiger partial charge >= 0.3 is 6.18 Å². The van der Waals surface area contributed by atoms with Crippen molar-refractivity contribution in [2.45, 2.75) is 19.5 Å². The number of fused-ring (bicyclic) bond motifs is 1. The van der Waals surface area contributed by atoms with Crippen molar-refractivity contribution >= 4 is 17.4 Å². The zero-order chi connectivity index (χ0) is 15.5. The van der Waals surface area contributed by atoms with Crippen molar-refractivity contribution in [2.75, 3.05) is 18.4 Å². The van der Waals surface area contributed by atoms with Gasteiger partial charge < -0.3 is 10.6 Å². The fourth-order valence-electron chi connectivity index (χ4n) is 1.56. The molecule has 0 unspecified atom stereocenters. The van der Waals surface area contributed by atoms with Crippen LogP contribution in [0.15, 0.2) is 12.1 Å². The second-order valence-corrected chi connectivity index (χ2v) is 4.21. The van der Waals surface area contributed by atoms with E-state index in [-0.39, 0.29) is 23.9 Å². The minimum absolute atomic E-state index is 0.0247. The number of halogens is 3. The quantitative estimate of drug-likeness (QED) is 0.863. The predicted octanol–water partition coefficient (Wildman–Crippen LogP) is 1.08. The third-order valence-electron chi connectivity index (χ3n) is 2.52. The lowest BCUT2D eigenvalue weighted by Gasteiger charge is -2.07. The van der Waals surface area contributed by atoms with Crippen LogP contribution in [0, 0.1) is 0 Å². The van der Waals surface area contributed by atoms with Gasteiger partial charge in [-0.1, -0.05) is 6.92 Å². The van der Waals surface area contributed by atoms with Gasteiger partial charge in [-0.05, 0) is 18.6 Å². The third kappa shape index (κ3) is 3.58. The molecule has 2 N–H and O–H groups in total. The summed E-state index contributed by atoms with van der Waals surface area (Å²) in [6, 6.07) is 2.76. The normalized spacial score (nSPS) is 11.6. The molecule has 2 heterocycles. The average Bonchev–Trinajstić information content (AvgIpc) is 2.85. The number of rotatable bonds is 5. The molecule has 0 aliphatic carbocycles. The first kappa shape index (κ1) is 15.0. The molecule has 0 spiro atoms. The lowest BCUT2D eigenvalue weighted by molar-refractivity contribution is -0.146. The van der Waals surface area contributed by atoms with Crippen LogP contribution >= 0.6 is 0 Å². The van der Waals surface area contributed by atoms with Crippen LogP contribution in [-0.2, 0) is 11.0 Å². The molecule has 7 nitrogen and oxygen atoms in total. The van der Waals surface area contributed by atoms with E-state index in [0.29, 0.717) is 11.1 Å². The van der Waals surface area contributed by atoms with Crippen LogP contribution in [0.3, 0.4) is 0 Å². The van der Waals surface area contributed by atoms with Crippen molar-refractivity contribution in [1.82, 2.24) is 25.1 Å². The second kappa shape index (κ2) is 5.94. The van der Waals surface area contributed by atoms with Crippen LogP contribution in [0.5, 0.6) is 0 Å². The molecule has 2 aromatic heterocycles. The molecule has 1 amide bonds. The summed E-state index contributed by atoms with van der Waals surface area (Å²) in [4.78, 5) is 11.4. The number of hydrogen-bond donors (Lipinski definition) is 2. The fourth-order valence-corrected chi connectivity index (χ4v) is 1.56. The summed E-state index contributed by atoms with van der Waals surface area (Å²) in [5.74, 6) is -1.35. The smallest absolute Gasteiger partial charge is 0.360 e. The molecule has 21 heavy (non-hydrogen) atoms. The van der Waals surface area contributed by atoms with Gasteiger partial charge in [0.05, 0.1) is 6.54 Å². The van der Waals surface area contributed by atoms with E-state index in [1.165, 1.54) is 12.1 Å². The summed E-state index contributed by atoms with van der Waals surface area (Å²) < 4.78 is 38.7. The highest BCUT2D eigenvalue weighted by Gasteiger charge is 2.37. The highest BCUT2D eigenvalue weighted by molar-refractivity contribution is 5.80. The summed E-state index contributed by atoms with van der Waals surface area (Å²) in [6.07, 6.45) is -3.85. The molecule has 10 heteroatoms. The molecular formula is C11H13F3N6O. The molecule has 0 bridgehead atoms. The number of hydrogen-bond acceptors (Lipinski definition) is 5. The minimum Gasteiger partial charge on any atom is -0.360 e. The topological polar surface area (TPSA) is 84.2 Å². The molecule has 0 saturated heterocycles. The number of nitrogens with one attached hydrogen (secondary N) is 2. The second-order valence-electron chi connectivity index (χ2n) is 4.21. The van der Waals surface area contributed by atoms with Crippen molar-refractivity contribution in [2.24, 2.45) is 0 Å². The highest BCUT2D eigenvalue weighted by Crippen LogP contribution is 2.27. The van der Waals surface area contributed by atoms with E-state index in [1.807, 2.05) is 6.92 Å². The van der Waals surface area contributed by atoms with Crippen LogP contribution in [0.1, 0.15) is 19.2 Å². The first-order valence-electron chi connectivity index (χ1n) is 6.22. The number of anilines is 1. The average molecular weight is 302 g/mol. The Hall–Kier alpha value is -2.39. The van der Waals surface area contributed by atoms with Gasteiger partial charge in [-0.2, -0.15) is 17.7 Å². The Balaban J connectivity index is 2.13. The van der Waals surface area contributed by atoms with Crippen LogP contribution in [0.2, 0.25) is 0 Å². The predicted molar refractivity (Wildman–Crippen MR) is 67.6 cm³/mol. The Kier molecular flexibility index (Phi) is 4.24. The standard InChI is InChI=1S/C11H13F3N6O/c1-2-5-15-9(21)6-16-7-3-4-8-17-18-10(11(12,13)14)20(8)19-7/h3-4H,2,5-6H2,1H3,(H,15,21)(H,16,19). The van der Waals surface area contributed by atoms with Crippen molar-refractivity contribution in [3.8, 4) is 0 Å². The van der Waals surface area contributed by atoms with Gasteiger partial charge in [0.1, 0.15) is 5.82 Å². The summed E-state index contributed by atoms with van der Waals surface area (Å²) in [7, 11) is 0. The molecule has 2 aromatic rings. The maximum atomic E-state index is 12.7. The molecule has 2 rings (SSSR count). The SMILES string of the molecule is CCCNC(=O)CNc1ccc2nnc(C(F)(F)F)n2n1. The van der Waals surface area contributed by atoms with E-state index < -0.39 is 12.0 Å². The fraction of sp³-hybridized carbons (Fsp3) is 0.455. The van der Waals surface area contributed by atoms with Crippen molar-refractivity contribution in [3.63, 3.8) is 0 Å². The number of amides is 1. The summed E-state index contributed by atoms with van der Waals surface area (Å²) >= 11 is 0. The zero-order valence-corrected chi connectivity index (χ0v) is 11.1. The van der Waals surface area contributed by atoms with E-state index in [1.54, 1.807) is 0 Å². The molecule has 0 aromatic carbocycles. The largest absolute Gasteiger partial charge is 0.453 e. The maximum absolute atomic E-state index is 12.7. The Morgan fingerprint density at radius 2 is 2.10 bits per heavy atom. The monoisotopic (exact) mass is 302 g/mol. The number of aromatic nitrogens is 4. The van der Waals surface area contributed by atoms with Gasteiger partial charge in [-0.25, -0.2) is 0 Å². The van der Waals surface area contributed by atoms with Gasteiger partial charge in [0.2, 0.25) is 5.91 Å². The van der Waals surface area contributed by atoms with Crippen molar-refractivity contribution < 1.29 is 18.0 Å². The molecule has 0 aliphatic rings. The minimum atomic E-state index is -4.65. The van der Waals surface area contributed by atoms with Crippen LogP contribution in [0.4, 0.5) is 19.0 Å². The van der Waals surface area contributed by atoms with E-state index in [2.05, 4.69) is 25.9 Å². The highest BCUT2D eigenvalue weighted by atomic mass is 19.4. The van der Waals surface area contributed by atoms with Gasteiger partial charge in [0.15, 0.2) is 5.65 Å². The first-order valence-corrected chi connectivity index (χ1v) is 6.22. The van der Waals surface area contributed by atoms with E-state index in [0.717, 1.165) is 6.42 Å². The Morgan fingerprint density at radius 1 is 1.33 bits per heavy atom. The van der Waals surface area contributed by atoms with E-state index in [4.69, 9.17) is 0 Å². The summed E-state index contributed by atoms with van der Waals surface area (Å²) in [6.45, 7) is 2.37. The Morgan fingerprint density at radius 3 is 2.76 bits per heavy atom. The zero-order valence-electron chi connectivity index (χ0n) is 11.1. The van der Waals surface area contributed by atoms with Crippen LogP contribution < -0.4 is 10.6 Å². The third-order valence-corrected chi connectivity index (χ3v) is 2.52. The molecule has 0 atom stereocenters. The van der Waals surface area contributed by atoms with Gasteiger partial charge in [-0.15, -0.1) is 15.3 Å². The van der Waals surface area contributed by atoms with E-state index in [9.17, 15) is 18.0 Å². The molecular weight excluding hydrogens is 289 g/mol. The number of alkyl halides is 3. The van der Waals surface area contributed by atoms with Crippen molar-refractivity contribution in [3.05, 3.63) is 18.0 Å². The molecule has 0 radical (unpaired) electrons. The van der Waals surface area contributed by atoms with Crippen LogP contribution in [-0.4, -0.2) is 38.8 Å². The Bertz CT molecular complexity index is 638. The summed E-state index contributed by atoms with van der Waals surface area (Å²) in [5.41, 5.74) is -0.0247. The number of nitrogens with zero attached hydrogens (tertiary/aromatic N) is 4. The van der Waals surface area contributed by atoms with Crippen LogP contribution in [0.25, 0.3) is 5.65 Å². The molecule has 0 aliphatic heterocycles. The van der Waals surface area contributed by atoms with Crippen molar-refractivity contribution in [1.29, 1.82) is 0 Å². The molecule has 0 fully saturated rings. The molecule has 0 saturated carbocycles. The summed E-state index contributed by atoms with van der Waals surface area (Å²) in [5, 5.41) is 15.5. The van der Waals surface area contributed by atoms with Gasteiger partial charge in [-0.3, -0.25) is 4.79 Å². The lowest BCUT2D eigenvalue weighted by Crippen LogP contribution is -2.30.